The van der Waals surface area contributed by atoms with Crippen LogP contribution in [-0.2, 0) is 0 Å². The third-order valence-electron chi connectivity index (χ3n) is 3.28. The lowest BCUT2D eigenvalue weighted by Gasteiger charge is -2.37. The van der Waals surface area contributed by atoms with Gasteiger partial charge in [-0.2, -0.15) is 5.10 Å². The van der Waals surface area contributed by atoms with E-state index < -0.39 is 0 Å². The number of H-pyrrole nitrogens is 1. The molecule has 1 heterocycles. The van der Waals surface area contributed by atoms with Crippen LogP contribution in [0.5, 0.6) is 0 Å². The molecule has 1 fully saturated rings. The van der Waals surface area contributed by atoms with Crippen molar-refractivity contribution in [3.63, 3.8) is 0 Å². The van der Waals surface area contributed by atoms with Crippen molar-refractivity contribution in [2.45, 2.75) is 31.7 Å². The lowest BCUT2D eigenvalue weighted by atomic mass is 9.91. The van der Waals surface area contributed by atoms with Crippen LogP contribution in [0.15, 0.2) is 16.9 Å². The smallest absolute Gasteiger partial charge is 0.274 e. The van der Waals surface area contributed by atoms with Crippen LogP contribution in [0.1, 0.15) is 36.2 Å². The molecular formula is C12H18N4O2. The largest absolute Gasteiger partial charge is 0.334 e. The van der Waals surface area contributed by atoms with Crippen LogP contribution in [0.4, 0.5) is 0 Å². The van der Waals surface area contributed by atoms with Crippen LogP contribution in [0, 0.1) is 0 Å². The average molecular weight is 250 g/mol. The summed E-state index contributed by atoms with van der Waals surface area (Å²) in [5, 5.41) is 6.08. The molecule has 1 aliphatic rings. The van der Waals surface area contributed by atoms with Crippen LogP contribution < -0.4 is 11.3 Å². The fourth-order valence-electron chi connectivity index (χ4n) is 2.02. The topological polar surface area (TPSA) is 92.1 Å². The van der Waals surface area contributed by atoms with E-state index >= 15 is 0 Å². The summed E-state index contributed by atoms with van der Waals surface area (Å²) in [5.41, 5.74) is 5.48. The fourth-order valence-corrected chi connectivity index (χ4v) is 2.02. The van der Waals surface area contributed by atoms with Crippen molar-refractivity contribution in [3.8, 4) is 0 Å². The van der Waals surface area contributed by atoms with Gasteiger partial charge in [0.15, 0.2) is 0 Å². The number of aromatic amines is 1. The van der Waals surface area contributed by atoms with Crippen molar-refractivity contribution >= 4 is 5.91 Å². The molecule has 0 spiro atoms. The number of rotatable bonds is 5. The molecular weight excluding hydrogens is 232 g/mol. The molecule has 2 rings (SSSR count). The number of nitrogens with one attached hydrogen (secondary N) is 1. The van der Waals surface area contributed by atoms with Crippen molar-refractivity contribution < 1.29 is 4.79 Å². The van der Waals surface area contributed by atoms with Crippen LogP contribution in [0.3, 0.4) is 0 Å². The number of carbonyl (C=O) groups is 1. The summed E-state index contributed by atoms with van der Waals surface area (Å²) in [4.78, 5) is 25.1. The lowest BCUT2D eigenvalue weighted by Crippen LogP contribution is -2.45. The van der Waals surface area contributed by atoms with E-state index in [0.29, 0.717) is 24.8 Å². The minimum absolute atomic E-state index is 0.121. The fraction of sp³-hybridized carbons (Fsp3) is 0.583. The van der Waals surface area contributed by atoms with Gasteiger partial charge in [0.2, 0.25) is 0 Å². The molecule has 1 saturated carbocycles. The van der Waals surface area contributed by atoms with Crippen molar-refractivity contribution in [1.82, 2.24) is 15.1 Å². The van der Waals surface area contributed by atoms with Gasteiger partial charge in [0, 0.05) is 18.7 Å². The molecule has 1 aliphatic carbocycles. The van der Waals surface area contributed by atoms with E-state index in [1.54, 1.807) is 0 Å². The van der Waals surface area contributed by atoms with Gasteiger partial charge in [-0.05, 0) is 38.3 Å². The van der Waals surface area contributed by atoms with Crippen LogP contribution >= 0.6 is 0 Å². The summed E-state index contributed by atoms with van der Waals surface area (Å²) < 4.78 is 0. The highest BCUT2D eigenvalue weighted by Crippen LogP contribution is 2.25. The number of amides is 1. The van der Waals surface area contributed by atoms with Gasteiger partial charge in [-0.15, -0.1) is 0 Å². The number of carbonyl (C=O) groups excluding carboxylic acids is 1. The molecule has 0 bridgehead atoms. The van der Waals surface area contributed by atoms with E-state index in [9.17, 15) is 9.59 Å². The van der Waals surface area contributed by atoms with Gasteiger partial charge in [0.1, 0.15) is 5.69 Å². The molecule has 0 aromatic carbocycles. The summed E-state index contributed by atoms with van der Waals surface area (Å²) in [6.07, 6.45) is 4.03. The normalized spacial score (nSPS) is 15.2. The molecule has 0 unspecified atom stereocenters. The second-order valence-electron chi connectivity index (χ2n) is 4.53. The van der Waals surface area contributed by atoms with Gasteiger partial charge in [-0.25, -0.2) is 5.10 Å². The van der Waals surface area contributed by atoms with E-state index in [1.807, 2.05) is 4.90 Å². The maximum atomic E-state index is 12.3. The van der Waals surface area contributed by atoms with Gasteiger partial charge < -0.3 is 10.6 Å². The molecule has 1 amide bonds. The predicted octanol–water partition coefficient (Wildman–Crippen LogP) is 0.113. The SMILES string of the molecule is NCCCN(C(=O)c1ccc(=O)[nH]n1)C1CCC1. The van der Waals surface area contributed by atoms with Crippen LogP contribution in [-0.4, -0.2) is 40.1 Å². The zero-order valence-corrected chi connectivity index (χ0v) is 10.3. The average Bonchev–Trinajstić information content (AvgIpc) is 2.32. The molecule has 0 atom stereocenters. The summed E-state index contributed by atoms with van der Waals surface area (Å²) in [7, 11) is 0. The Morgan fingerprint density at radius 1 is 1.50 bits per heavy atom. The maximum absolute atomic E-state index is 12.3. The third-order valence-corrected chi connectivity index (χ3v) is 3.28. The van der Waals surface area contributed by atoms with Crippen molar-refractivity contribution in [1.29, 1.82) is 0 Å². The second-order valence-corrected chi connectivity index (χ2v) is 4.53. The number of hydrogen-bond donors (Lipinski definition) is 2. The Morgan fingerprint density at radius 3 is 2.78 bits per heavy atom. The molecule has 0 aliphatic heterocycles. The summed E-state index contributed by atoms with van der Waals surface area (Å²) in [6, 6.07) is 3.09. The molecule has 1 aromatic rings. The first-order chi connectivity index (χ1) is 8.72. The van der Waals surface area contributed by atoms with Gasteiger partial charge in [0.25, 0.3) is 11.5 Å². The standard InChI is InChI=1S/C12H18N4O2/c13-7-2-8-16(9-3-1-4-9)12(18)10-5-6-11(17)15-14-10/h5-6,9H,1-4,7-8,13H2,(H,15,17). The number of aromatic nitrogens is 2. The first-order valence-electron chi connectivity index (χ1n) is 6.29. The Hall–Kier alpha value is -1.69. The first kappa shape index (κ1) is 12.8. The van der Waals surface area contributed by atoms with Gasteiger partial charge in [-0.1, -0.05) is 0 Å². The highest BCUT2D eigenvalue weighted by Gasteiger charge is 2.29. The van der Waals surface area contributed by atoms with Crippen LogP contribution in [0.2, 0.25) is 0 Å². The molecule has 98 valence electrons. The van der Waals surface area contributed by atoms with Crippen molar-refractivity contribution in [2.24, 2.45) is 5.73 Å². The van der Waals surface area contributed by atoms with E-state index in [4.69, 9.17) is 5.73 Å². The minimum atomic E-state index is -0.302. The Bertz CT molecular complexity index is 447. The Labute approximate surface area is 105 Å². The van der Waals surface area contributed by atoms with Gasteiger partial charge >= 0.3 is 0 Å². The quantitative estimate of drug-likeness (QED) is 0.776. The number of hydrogen-bond acceptors (Lipinski definition) is 4. The Balaban J connectivity index is 2.11. The van der Waals surface area contributed by atoms with E-state index in [-0.39, 0.29) is 11.5 Å². The predicted molar refractivity (Wildman–Crippen MR) is 67.2 cm³/mol. The van der Waals surface area contributed by atoms with E-state index in [2.05, 4.69) is 10.2 Å². The molecule has 0 radical (unpaired) electrons. The summed E-state index contributed by atoms with van der Waals surface area (Å²) in [5.74, 6) is -0.121. The van der Waals surface area contributed by atoms with Gasteiger partial charge in [-0.3, -0.25) is 9.59 Å². The summed E-state index contributed by atoms with van der Waals surface area (Å²) in [6.45, 7) is 1.22. The third kappa shape index (κ3) is 2.76. The molecule has 6 heteroatoms. The first-order valence-corrected chi connectivity index (χ1v) is 6.29. The molecule has 1 aromatic heterocycles. The highest BCUT2D eigenvalue weighted by molar-refractivity contribution is 5.92. The van der Waals surface area contributed by atoms with Crippen molar-refractivity contribution in [3.05, 3.63) is 28.2 Å². The van der Waals surface area contributed by atoms with E-state index in [1.165, 1.54) is 12.1 Å². The highest BCUT2D eigenvalue weighted by atomic mass is 16.2. The zero-order valence-electron chi connectivity index (χ0n) is 10.3. The van der Waals surface area contributed by atoms with Crippen molar-refractivity contribution in [2.75, 3.05) is 13.1 Å². The molecule has 0 saturated heterocycles. The van der Waals surface area contributed by atoms with E-state index in [0.717, 1.165) is 25.7 Å². The summed E-state index contributed by atoms with van der Waals surface area (Å²) >= 11 is 0. The minimum Gasteiger partial charge on any atom is -0.334 e. The zero-order chi connectivity index (χ0) is 13.0. The van der Waals surface area contributed by atoms with Crippen LogP contribution in [0.25, 0.3) is 0 Å². The maximum Gasteiger partial charge on any atom is 0.274 e. The molecule has 18 heavy (non-hydrogen) atoms. The Morgan fingerprint density at radius 2 is 2.28 bits per heavy atom. The molecule has 3 N–H and O–H groups in total. The second kappa shape index (κ2) is 5.77. The molecule has 6 nitrogen and oxygen atoms in total. The monoisotopic (exact) mass is 250 g/mol. The lowest BCUT2D eigenvalue weighted by molar-refractivity contribution is 0.0571. The number of nitrogens with two attached hydrogens (primary N) is 1. The Kier molecular flexibility index (Phi) is 4.09. The number of nitrogens with zero attached hydrogens (tertiary/aromatic N) is 2. The van der Waals surface area contributed by atoms with Gasteiger partial charge in [0.05, 0.1) is 0 Å².